The van der Waals surface area contributed by atoms with Crippen LogP contribution in [0.25, 0.3) is 0 Å². The zero-order chi connectivity index (χ0) is 20.0. The fourth-order valence-electron chi connectivity index (χ4n) is 3.74. The lowest BCUT2D eigenvalue weighted by Crippen LogP contribution is -2.48. The van der Waals surface area contributed by atoms with Gasteiger partial charge in [-0.15, -0.1) is 0 Å². The Kier molecular flexibility index (Phi) is 4.69. The highest BCUT2D eigenvalue weighted by Crippen LogP contribution is 2.38. The monoisotopic (exact) mass is 370 g/mol. The predicted molar refractivity (Wildman–Crippen MR) is 101 cm³/mol. The summed E-state index contributed by atoms with van der Waals surface area (Å²) in [5.74, 6) is -0.899. The zero-order valence-corrected chi connectivity index (χ0v) is 16.0. The minimum Gasteiger partial charge on any atom is -0.784 e. The normalized spacial score (nSPS) is 20.6. The van der Waals surface area contributed by atoms with Crippen LogP contribution in [-0.4, -0.2) is 51.9 Å². The first kappa shape index (κ1) is 19.3. The third kappa shape index (κ3) is 3.17. The summed E-state index contributed by atoms with van der Waals surface area (Å²) in [5.41, 5.74) is -0.375. The van der Waals surface area contributed by atoms with Crippen molar-refractivity contribution in [1.29, 1.82) is 0 Å². The Morgan fingerprint density at radius 1 is 1.07 bits per heavy atom. The van der Waals surface area contributed by atoms with Crippen molar-refractivity contribution in [2.75, 3.05) is 13.1 Å². The van der Waals surface area contributed by atoms with Gasteiger partial charge in [0.25, 0.3) is 11.8 Å². The molecule has 0 saturated heterocycles. The van der Waals surface area contributed by atoms with Crippen molar-refractivity contribution in [1.82, 2.24) is 15.3 Å². The number of carbonyl (C=O) groups excluding carboxylic acids is 3. The minimum atomic E-state index is -0.907. The van der Waals surface area contributed by atoms with Crippen molar-refractivity contribution in [3.8, 4) is 0 Å². The van der Waals surface area contributed by atoms with Crippen molar-refractivity contribution < 1.29 is 14.4 Å². The summed E-state index contributed by atoms with van der Waals surface area (Å²) in [5, 5.41) is 16.1. The van der Waals surface area contributed by atoms with Crippen molar-refractivity contribution in [2.24, 2.45) is 0 Å². The standard InChI is InChI=1S/C20H24N3O4/c1-19(2)12-15(20(3,4)23(19)27)16(24)21-10-7-11-22-17(25)13-8-5-6-9-14(13)18(22)26/h5-6,8-9,12H,7,10-11H2,1-4H3,(H,21,24)/q-1. The van der Waals surface area contributed by atoms with Gasteiger partial charge in [0, 0.05) is 29.7 Å². The van der Waals surface area contributed by atoms with Crippen LogP contribution in [-0.2, 0) is 4.79 Å². The SMILES string of the molecule is CC1(C)C=C(C(=O)NCCCN2C(=O)c3ccccc3C2=O)C(C)(C)N1[O-]. The molecule has 3 rings (SSSR count). The Bertz CT molecular complexity index is 806. The van der Waals surface area contributed by atoms with Crippen LogP contribution in [0.1, 0.15) is 54.8 Å². The predicted octanol–water partition coefficient (Wildman–Crippen LogP) is 2.09. The van der Waals surface area contributed by atoms with E-state index in [0.717, 1.165) is 5.06 Å². The molecule has 0 aliphatic carbocycles. The van der Waals surface area contributed by atoms with Gasteiger partial charge in [-0.05, 0) is 46.2 Å². The third-order valence-electron chi connectivity index (χ3n) is 5.15. The number of nitrogens with zero attached hydrogens (tertiary/aromatic N) is 2. The fraction of sp³-hybridized carbons (Fsp3) is 0.450. The molecule has 0 aromatic heterocycles. The minimum absolute atomic E-state index is 0.230. The second kappa shape index (κ2) is 6.58. The Hall–Kier alpha value is -2.51. The summed E-state index contributed by atoms with van der Waals surface area (Å²) < 4.78 is 0. The van der Waals surface area contributed by atoms with Crippen LogP contribution >= 0.6 is 0 Å². The molecule has 3 amide bonds. The highest BCUT2D eigenvalue weighted by Gasteiger charge is 2.42. The number of hydroxylamine groups is 2. The molecule has 0 saturated carbocycles. The van der Waals surface area contributed by atoms with Crippen LogP contribution in [0.4, 0.5) is 0 Å². The summed E-state index contributed by atoms with van der Waals surface area (Å²) in [4.78, 5) is 38.3. The topological polar surface area (TPSA) is 92.8 Å². The lowest BCUT2D eigenvalue weighted by atomic mass is 9.96. The Morgan fingerprint density at radius 3 is 2.11 bits per heavy atom. The van der Waals surface area contributed by atoms with Crippen LogP contribution in [0.15, 0.2) is 35.9 Å². The number of hydrogen-bond acceptors (Lipinski definition) is 5. The van der Waals surface area contributed by atoms with E-state index in [1.54, 1.807) is 58.0 Å². The number of rotatable bonds is 5. The number of hydrogen-bond donors (Lipinski definition) is 1. The molecule has 1 aromatic carbocycles. The van der Waals surface area contributed by atoms with E-state index in [1.165, 1.54) is 4.90 Å². The van der Waals surface area contributed by atoms with Crippen molar-refractivity contribution in [3.05, 3.63) is 52.2 Å². The number of fused-ring (bicyclic) bond motifs is 1. The number of amides is 3. The van der Waals surface area contributed by atoms with E-state index in [0.29, 0.717) is 29.7 Å². The van der Waals surface area contributed by atoms with Crippen LogP contribution in [0, 0.1) is 5.21 Å². The molecule has 0 unspecified atom stereocenters. The summed E-state index contributed by atoms with van der Waals surface area (Å²) in [6, 6.07) is 6.74. The molecule has 7 nitrogen and oxygen atoms in total. The first-order valence-electron chi connectivity index (χ1n) is 9.01. The van der Waals surface area contributed by atoms with Crippen LogP contribution in [0.5, 0.6) is 0 Å². The van der Waals surface area contributed by atoms with Crippen molar-refractivity contribution in [2.45, 2.75) is 45.2 Å². The molecule has 2 heterocycles. The van der Waals surface area contributed by atoms with E-state index in [1.807, 2.05) is 0 Å². The van der Waals surface area contributed by atoms with Crippen LogP contribution in [0.2, 0.25) is 0 Å². The number of imide groups is 1. The number of carbonyl (C=O) groups is 3. The van der Waals surface area contributed by atoms with Crippen LogP contribution < -0.4 is 5.32 Å². The zero-order valence-electron chi connectivity index (χ0n) is 16.0. The molecule has 27 heavy (non-hydrogen) atoms. The lowest BCUT2D eigenvalue weighted by Gasteiger charge is -2.47. The number of nitrogens with one attached hydrogen (secondary N) is 1. The first-order valence-corrected chi connectivity index (χ1v) is 9.01. The lowest BCUT2D eigenvalue weighted by molar-refractivity contribution is -0.118. The molecule has 0 spiro atoms. The molecule has 0 atom stereocenters. The Labute approximate surface area is 158 Å². The van der Waals surface area contributed by atoms with Crippen molar-refractivity contribution in [3.63, 3.8) is 0 Å². The molecule has 0 bridgehead atoms. The second-order valence-electron chi connectivity index (χ2n) is 7.98. The van der Waals surface area contributed by atoms with Gasteiger partial charge in [-0.3, -0.25) is 19.3 Å². The van der Waals surface area contributed by atoms with E-state index < -0.39 is 11.1 Å². The van der Waals surface area contributed by atoms with E-state index >= 15 is 0 Å². The smallest absolute Gasteiger partial charge is 0.261 e. The first-order chi connectivity index (χ1) is 12.6. The maximum absolute atomic E-state index is 12.5. The highest BCUT2D eigenvalue weighted by atomic mass is 16.5. The Balaban J connectivity index is 1.55. The molecule has 1 N–H and O–H groups in total. The summed E-state index contributed by atoms with van der Waals surface area (Å²) >= 11 is 0. The van der Waals surface area contributed by atoms with E-state index in [9.17, 15) is 19.6 Å². The van der Waals surface area contributed by atoms with E-state index in [-0.39, 0.29) is 24.3 Å². The molecule has 2 aliphatic rings. The van der Waals surface area contributed by atoms with Gasteiger partial charge >= 0.3 is 0 Å². The molecule has 144 valence electrons. The Morgan fingerprint density at radius 2 is 1.63 bits per heavy atom. The van der Waals surface area contributed by atoms with Gasteiger partial charge in [0.2, 0.25) is 5.91 Å². The molecular formula is C20H24N3O4-. The molecule has 0 radical (unpaired) electrons. The maximum Gasteiger partial charge on any atom is 0.261 e. The van der Waals surface area contributed by atoms with Gasteiger partial charge < -0.3 is 15.6 Å². The molecular weight excluding hydrogens is 346 g/mol. The van der Waals surface area contributed by atoms with Gasteiger partial charge in [0.05, 0.1) is 11.1 Å². The fourth-order valence-corrected chi connectivity index (χ4v) is 3.74. The van der Waals surface area contributed by atoms with Gasteiger partial charge in [-0.1, -0.05) is 18.2 Å². The molecule has 0 fully saturated rings. The molecule has 7 heteroatoms. The van der Waals surface area contributed by atoms with E-state index in [4.69, 9.17) is 0 Å². The summed E-state index contributed by atoms with van der Waals surface area (Å²) in [6.07, 6.45) is 2.13. The quantitative estimate of drug-likeness (QED) is 0.633. The molecule has 1 aromatic rings. The van der Waals surface area contributed by atoms with Gasteiger partial charge in [-0.25, -0.2) is 0 Å². The largest absolute Gasteiger partial charge is 0.784 e. The maximum atomic E-state index is 12.5. The van der Waals surface area contributed by atoms with Gasteiger partial charge in [0.1, 0.15) is 0 Å². The summed E-state index contributed by atoms with van der Waals surface area (Å²) in [7, 11) is 0. The highest BCUT2D eigenvalue weighted by molar-refractivity contribution is 6.21. The summed E-state index contributed by atoms with van der Waals surface area (Å²) in [6.45, 7) is 7.51. The van der Waals surface area contributed by atoms with Gasteiger partial charge in [0.15, 0.2) is 0 Å². The third-order valence-corrected chi connectivity index (χ3v) is 5.15. The average molecular weight is 370 g/mol. The van der Waals surface area contributed by atoms with Crippen molar-refractivity contribution >= 4 is 17.7 Å². The average Bonchev–Trinajstić information content (AvgIpc) is 2.96. The second-order valence-corrected chi connectivity index (χ2v) is 7.98. The molecule has 2 aliphatic heterocycles. The van der Waals surface area contributed by atoms with E-state index in [2.05, 4.69) is 5.32 Å². The van der Waals surface area contributed by atoms with Gasteiger partial charge in [-0.2, -0.15) is 0 Å². The number of benzene rings is 1. The van der Waals surface area contributed by atoms with Crippen LogP contribution in [0.3, 0.4) is 0 Å².